The van der Waals surface area contributed by atoms with Crippen LogP contribution in [0.4, 0.5) is 15.9 Å². The van der Waals surface area contributed by atoms with Crippen LogP contribution in [-0.2, 0) is 0 Å². The summed E-state index contributed by atoms with van der Waals surface area (Å²) in [6, 6.07) is 3.35. The van der Waals surface area contributed by atoms with Gasteiger partial charge in [-0.25, -0.2) is 18.9 Å². The van der Waals surface area contributed by atoms with Gasteiger partial charge in [0, 0.05) is 24.8 Å². The monoisotopic (exact) mass is 371 g/mol. The van der Waals surface area contributed by atoms with Gasteiger partial charge in [0.15, 0.2) is 5.65 Å². The van der Waals surface area contributed by atoms with E-state index in [4.69, 9.17) is 10.5 Å². The van der Waals surface area contributed by atoms with Gasteiger partial charge in [-0.2, -0.15) is 5.10 Å². The number of pyridine rings is 1. The summed E-state index contributed by atoms with van der Waals surface area (Å²) in [6.45, 7) is 1.96. The summed E-state index contributed by atoms with van der Waals surface area (Å²) >= 11 is 0. The van der Waals surface area contributed by atoms with Gasteiger partial charge in [0.1, 0.15) is 18.2 Å². The van der Waals surface area contributed by atoms with E-state index in [1.807, 2.05) is 19.3 Å². The number of nitrogen functional groups attached to an aromatic ring is 1. The zero-order chi connectivity index (χ0) is 18.8. The number of hydrogen-bond acceptors (Lipinski definition) is 7. The molecule has 0 aliphatic carbocycles. The van der Waals surface area contributed by atoms with Crippen molar-refractivity contribution >= 4 is 17.2 Å². The van der Waals surface area contributed by atoms with Crippen molar-refractivity contribution in [2.45, 2.75) is 18.9 Å². The minimum Gasteiger partial charge on any atom is -0.476 e. The first kappa shape index (κ1) is 17.5. The van der Waals surface area contributed by atoms with Gasteiger partial charge in [0.25, 0.3) is 0 Å². The van der Waals surface area contributed by atoms with Crippen LogP contribution < -0.4 is 20.7 Å². The van der Waals surface area contributed by atoms with Crippen molar-refractivity contribution in [2.75, 3.05) is 37.4 Å². The minimum atomic E-state index is -0.374. The Morgan fingerprint density at radius 3 is 3.15 bits per heavy atom. The van der Waals surface area contributed by atoms with Crippen LogP contribution in [0.1, 0.15) is 24.4 Å². The van der Waals surface area contributed by atoms with E-state index in [0.717, 1.165) is 30.8 Å². The zero-order valence-electron chi connectivity index (χ0n) is 15.1. The first-order valence-corrected chi connectivity index (χ1v) is 8.96. The number of hydrogen-bond donors (Lipinski definition) is 2. The Morgan fingerprint density at radius 2 is 2.30 bits per heavy atom. The standard InChI is InChI=1S/C18H22FN7O/c1-21-5-8-27-18-13(9-12(19)10-22-18)15-3-2-6-25(15)16-4-7-26-17(24-16)14(20)11-23-26/h4,7,9-11,15,21H,2-3,5-6,8,20H2,1H3/t15-/m1/s1. The third-order valence-electron chi connectivity index (χ3n) is 4.72. The van der Waals surface area contributed by atoms with Crippen LogP contribution in [0.3, 0.4) is 0 Å². The molecule has 1 aliphatic rings. The molecule has 1 fully saturated rings. The van der Waals surface area contributed by atoms with Crippen molar-refractivity contribution in [1.82, 2.24) is 24.9 Å². The molecule has 9 heteroatoms. The molecule has 0 aromatic carbocycles. The fraction of sp³-hybridized carbons (Fsp3) is 0.389. The number of rotatable bonds is 6. The summed E-state index contributed by atoms with van der Waals surface area (Å²) in [7, 11) is 1.85. The highest BCUT2D eigenvalue weighted by atomic mass is 19.1. The third-order valence-corrected chi connectivity index (χ3v) is 4.72. The van der Waals surface area contributed by atoms with Crippen LogP contribution >= 0.6 is 0 Å². The Bertz CT molecular complexity index is 945. The lowest BCUT2D eigenvalue weighted by Crippen LogP contribution is -2.25. The molecule has 4 rings (SSSR count). The van der Waals surface area contributed by atoms with Gasteiger partial charge in [-0.3, -0.25) is 0 Å². The lowest BCUT2D eigenvalue weighted by molar-refractivity contribution is 0.300. The average Bonchev–Trinajstić information content (AvgIpc) is 3.30. The SMILES string of the molecule is CNCCOc1ncc(F)cc1[C@H]1CCCN1c1ccn2ncc(N)c2n1. The molecule has 4 heterocycles. The lowest BCUT2D eigenvalue weighted by Gasteiger charge is -2.27. The van der Waals surface area contributed by atoms with E-state index in [9.17, 15) is 4.39 Å². The highest BCUT2D eigenvalue weighted by Gasteiger charge is 2.31. The number of likely N-dealkylation sites (N-methyl/N-ethyl adjacent to an activating group) is 1. The minimum absolute atomic E-state index is 0.0584. The molecular formula is C18H22FN7O. The number of fused-ring (bicyclic) bond motifs is 1. The second-order valence-electron chi connectivity index (χ2n) is 6.51. The maximum atomic E-state index is 13.9. The van der Waals surface area contributed by atoms with E-state index in [1.54, 1.807) is 10.7 Å². The first-order valence-electron chi connectivity index (χ1n) is 8.96. The Balaban J connectivity index is 1.68. The van der Waals surface area contributed by atoms with Gasteiger partial charge in [-0.1, -0.05) is 0 Å². The predicted octanol–water partition coefficient (Wildman–Crippen LogP) is 1.79. The quantitative estimate of drug-likeness (QED) is 0.638. The maximum Gasteiger partial charge on any atom is 0.218 e. The number of aromatic nitrogens is 4. The Kier molecular flexibility index (Phi) is 4.76. The average molecular weight is 371 g/mol. The molecule has 8 nitrogen and oxygen atoms in total. The van der Waals surface area contributed by atoms with Crippen molar-refractivity contribution < 1.29 is 9.13 Å². The summed E-state index contributed by atoms with van der Waals surface area (Å²) in [5, 5.41) is 7.18. The molecule has 0 saturated carbocycles. The van der Waals surface area contributed by atoms with Crippen molar-refractivity contribution in [3.05, 3.63) is 42.1 Å². The van der Waals surface area contributed by atoms with Gasteiger partial charge in [0.05, 0.1) is 24.1 Å². The van der Waals surface area contributed by atoms with Gasteiger partial charge in [-0.05, 0) is 32.0 Å². The van der Waals surface area contributed by atoms with E-state index >= 15 is 0 Å². The highest BCUT2D eigenvalue weighted by molar-refractivity contribution is 5.65. The fourth-order valence-corrected chi connectivity index (χ4v) is 3.45. The van der Waals surface area contributed by atoms with Crippen LogP contribution in [0.25, 0.3) is 5.65 Å². The fourth-order valence-electron chi connectivity index (χ4n) is 3.45. The molecule has 3 aromatic rings. The van der Waals surface area contributed by atoms with Gasteiger partial charge >= 0.3 is 0 Å². The van der Waals surface area contributed by atoms with Crippen LogP contribution in [0.2, 0.25) is 0 Å². The Labute approximate surface area is 156 Å². The number of halogens is 1. The molecule has 0 spiro atoms. The summed E-state index contributed by atoms with van der Waals surface area (Å²) in [6.07, 6.45) is 6.44. The molecule has 1 atom stereocenters. The normalized spacial score (nSPS) is 17.0. The van der Waals surface area contributed by atoms with E-state index in [0.29, 0.717) is 30.4 Å². The smallest absolute Gasteiger partial charge is 0.218 e. The molecule has 0 amide bonds. The topological polar surface area (TPSA) is 93.6 Å². The molecule has 3 N–H and O–H groups in total. The zero-order valence-corrected chi connectivity index (χ0v) is 15.1. The molecule has 27 heavy (non-hydrogen) atoms. The van der Waals surface area contributed by atoms with E-state index in [2.05, 4.69) is 25.3 Å². The number of nitrogens with two attached hydrogens (primary N) is 1. The Morgan fingerprint density at radius 1 is 1.41 bits per heavy atom. The van der Waals surface area contributed by atoms with Crippen LogP contribution in [0, 0.1) is 5.82 Å². The second-order valence-corrected chi connectivity index (χ2v) is 6.51. The first-order chi connectivity index (χ1) is 13.2. The van der Waals surface area contributed by atoms with E-state index < -0.39 is 0 Å². The van der Waals surface area contributed by atoms with E-state index in [-0.39, 0.29) is 11.9 Å². The van der Waals surface area contributed by atoms with Gasteiger partial charge in [0.2, 0.25) is 5.88 Å². The van der Waals surface area contributed by atoms with Crippen LogP contribution in [-0.4, -0.2) is 46.3 Å². The molecule has 0 unspecified atom stereocenters. The van der Waals surface area contributed by atoms with Crippen LogP contribution in [0.15, 0.2) is 30.7 Å². The highest BCUT2D eigenvalue weighted by Crippen LogP contribution is 2.39. The van der Waals surface area contributed by atoms with Gasteiger partial charge < -0.3 is 20.7 Å². The number of ether oxygens (including phenoxy) is 1. The molecule has 142 valence electrons. The molecular weight excluding hydrogens is 349 g/mol. The van der Waals surface area contributed by atoms with E-state index in [1.165, 1.54) is 12.3 Å². The lowest BCUT2D eigenvalue weighted by atomic mass is 10.1. The number of nitrogens with one attached hydrogen (secondary N) is 1. The molecule has 0 bridgehead atoms. The van der Waals surface area contributed by atoms with Crippen molar-refractivity contribution in [3.63, 3.8) is 0 Å². The number of nitrogens with zero attached hydrogens (tertiary/aromatic N) is 5. The van der Waals surface area contributed by atoms with Crippen molar-refractivity contribution in [1.29, 1.82) is 0 Å². The summed E-state index contributed by atoms with van der Waals surface area (Å²) in [4.78, 5) is 11.0. The van der Waals surface area contributed by atoms with Crippen LogP contribution in [0.5, 0.6) is 5.88 Å². The maximum absolute atomic E-state index is 13.9. The van der Waals surface area contributed by atoms with Crippen molar-refractivity contribution in [3.8, 4) is 5.88 Å². The molecule has 1 aliphatic heterocycles. The largest absolute Gasteiger partial charge is 0.476 e. The second kappa shape index (κ2) is 7.36. The predicted molar refractivity (Wildman–Crippen MR) is 100 cm³/mol. The van der Waals surface area contributed by atoms with Crippen molar-refractivity contribution in [2.24, 2.45) is 0 Å². The molecule has 3 aromatic heterocycles. The Hall–Kier alpha value is -2.94. The summed E-state index contributed by atoms with van der Waals surface area (Å²) in [5.74, 6) is 0.873. The van der Waals surface area contributed by atoms with Gasteiger partial charge in [-0.15, -0.1) is 0 Å². The molecule has 0 radical (unpaired) electrons. The third kappa shape index (κ3) is 3.37. The summed E-state index contributed by atoms with van der Waals surface area (Å²) < 4.78 is 21.4. The summed E-state index contributed by atoms with van der Waals surface area (Å²) in [5.41, 5.74) is 7.83. The molecule has 1 saturated heterocycles. The number of anilines is 2.